The first kappa shape index (κ1) is 11.9. The summed E-state index contributed by atoms with van der Waals surface area (Å²) in [6, 6.07) is 2.21. The zero-order chi connectivity index (χ0) is 11.4. The van der Waals surface area contributed by atoms with Gasteiger partial charge >= 0.3 is 0 Å². The van der Waals surface area contributed by atoms with Crippen molar-refractivity contribution < 1.29 is 18.6 Å². The summed E-state index contributed by atoms with van der Waals surface area (Å²) >= 11 is 0. The predicted molar refractivity (Wildman–Crippen MR) is 51.5 cm³/mol. The van der Waals surface area contributed by atoms with E-state index < -0.39 is 17.7 Å². The Kier molecular flexibility index (Phi) is 3.99. The third-order valence-corrected chi connectivity index (χ3v) is 2.06. The second-order valence-corrected chi connectivity index (χ2v) is 3.11. The third kappa shape index (κ3) is 2.64. The molecule has 0 aromatic heterocycles. The normalized spacial score (nSPS) is 12.6. The first-order valence-electron chi connectivity index (χ1n) is 4.51. The van der Waals surface area contributed by atoms with Crippen LogP contribution in [-0.2, 0) is 0 Å². The number of aliphatic hydroxyl groups excluding tert-OH is 1. The second-order valence-electron chi connectivity index (χ2n) is 3.11. The summed E-state index contributed by atoms with van der Waals surface area (Å²) in [5.74, 6) is -2.32. The lowest BCUT2D eigenvalue weighted by molar-refractivity contribution is 0.169. The second kappa shape index (κ2) is 5.04. The van der Waals surface area contributed by atoms with Crippen LogP contribution in [0.15, 0.2) is 12.1 Å². The predicted octanol–water partition coefficient (Wildman–Crippen LogP) is 1.36. The van der Waals surface area contributed by atoms with E-state index in [1.807, 2.05) is 0 Å². The van der Waals surface area contributed by atoms with Crippen LogP contribution in [0.4, 0.5) is 8.78 Å². The molecule has 0 aliphatic heterocycles. The fraction of sp³-hybridized carbons (Fsp3) is 0.400. The summed E-state index contributed by atoms with van der Waals surface area (Å²) in [4.78, 5) is 0. The van der Waals surface area contributed by atoms with Crippen LogP contribution < -0.4 is 10.5 Å². The Hall–Kier alpha value is -1.20. The number of halogens is 2. The quantitative estimate of drug-likeness (QED) is 0.800. The number of hydrogen-bond donors (Lipinski definition) is 2. The van der Waals surface area contributed by atoms with Crippen molar-refractivity contribution >= 4 is 0 Å². The molecule has 84 valence electrons. The molecular formula is C10H13F2NO2. The summed E-state index contributed by atoms with van der Waals surface area (Å²) in [5, 5.41) is 9.53. The molecular weight excluding hydrogens is 204 g/mol. The van der Waals surface area contributed by atoms with E-state index in [2.05, 4.69) is 4.74 Å². The number of hydrogen-bond acceptors (Lipinski definition) is 3. The first-order valence-corrected chi connectivity index (χ1v) is 4.51. The van der Waals surface area contributed by atoms with Gasteiger partial charge in [0.1, 0.15) is 0 Å². The standard InChI is InChI=1S/C10H13F2NO2/c1-15-9-5-6(8(14)2-3-13)4-7(11)10(9)12/h4-5,8,14H,2-3,13H2,1H3. The zero-order valence-electron chi connectivity index (χ0n) is 8.34. The van der Waals surface area contributed by atoms with Crippen molar-refractivity contribution in [3.63, 3.8) is 0 Å². The molecule has 0 radical (unpaired) electrons. The fourth-order valence-electron chi connectivity index (χ4n) is 1.25. The van der Waals surface area contributed by atoms with Crippen LogP contribution >= 0.6 is 0 Å². The van der Waals surface area contributed by atoms with Crippen LogP contribution in [0, 0.1) is 11.6 Å². The van der Waals surface area contributed by atoms with Gasteiger partial charge in [-0.15, -0.1) is 0 Å². The van der Waals surface area contributed by atoms with E-state index >= 15 is 0 Å². The molecule has 0 fully saturated rings. The van der Waals surface area contributed by atoms with Crippen LogP contribution in [0.1, 0.15) is 18.1 Å². The molecule has 1 aromatic carbocycles. The van der Waals surface area contributed by atoms with Gasteiger partial charge in [-0.25, -0.2) is 4.39 Å². The van der Waals surface area contributed by atoms with Gasteiger partial charge in [0.25, 0.3) is 0 Å². The molecule has 0 aliphatic rings. The molecule has 5 heteroatoms. The monoisotopic (exact) mass is 217 g/mol. The summed E-state index contributed by atoms with van der Waals surface area (Å²) in [6.45, 7) is 0.266. The zero-order valence-corrected chi connectivity index (χ0v) is 8.34. The molecule has 0 saturated heterocycles. The molecule has 15 heavy (non-hydrogen) atoms. The van der Waals surface area contributed by atoms with Crippen molar-refractivity contribution in [3.05, 3.63) is 29.3 Å². The van der Waals surface area contributed by atoms with E-state index in [1.165, 1.54) is 13.2 Å². The lowest BCUT2D eigenvalue weighted by atomic mass is 10.1. The van der Waals surface area contributed by atoms with E-state index in [-0.39, 0.29) is 24.3 Å². The van der Waals surface area contributed by atoms with Crippen LogP contribution in [-0.4, -0.2) is 18.8 Å². The van der Waals surface area contributed by atoms with Crippen molar-refractivity contribution in [2.45, 2.75) is 12.5 Å². The largest absolute Gasteiger partial charge is 0.494 e. The molecule has 0 aliphatic carbocycles. The minimum atomic E-state index is -1.05. The van der Waals surface area contributed by atoms with Crippen LogP contribution in [0.2, 0.25) is 0 Å². The van der Waals surface area contributed by atoms with Gasteiger partial charge in [-0.05, 0) is 30.7 Å². The molecule has 0 amide bonds. The maximum Gasteiger partial charge on any atom is 0.200 e. The summed E-state index contributed by atoms with van der Waals surface area (Å²) < 4.78 is 30.7. The Morgan fingerprint density at radius 1 is 1.47 bits per heavy atom. The van der Waals surface area contributed by atoms with Gasteiger partial charge < -0.3 is 15.6 Å². The van der Waals surface area contributed by atoms with Crippen molar-refractivity contribution in [2.75, 3.05) is 13.7 Å². The SMILES string of the molecule is COc1cc(C(O)CCN)cc(F)c1F. The van der Waals surface area contributed by atoms with E-state index in [1.54, 1.807) is 0 Å². The van der Waals surface area contributed by atoms with Gasteiger partial charge in [0.2, 0.25) is 5.82 Å². The first-order chi connectivity index (χ1) is 7.10. The number of nitrogens with two attached hydrogens (primary N) is 1. The topological polar surface area (TPSA) is 55.5 Å². The average Bonchev–Trinajstić information content (AvgIpc) is 2.22. The highest BCUT2D eigenvalue weighted by atomic mass is 19.2. The Morgan fingerprint density at radius 3 is 2.67 bits per heavy atom. The lowest BCUT2D eigenvalue weighted by Gasteiger charge is -2.12. The molecule has 1 aromatic rings. The highest BCUT2D eigenvalue weighted by Crippen LogP contribution is 2.26. The Balaban J connectivity index is 3.05. The van der Waals surface area contributed by atoms with Gasteiger partial charge in [0, 0.05) is 0 Å². The Labute approximate surface area is 86.5 Å². The highest BCUT2D eigenvalue weighted by Gasteiger charge is 2.15. The smallest absolute Gasteiger partial charge is 0.200 e. The molecule has 0 saturated carbocycles. The highest BCUT2D eigenvalue weighted by molar-refractivity contribution is 5.32. The van der Waals surface area contributed by atoms with Gasteiger partial charge in [-0.2, -0.15) is 4.39 Å². The molecule has 3 N–H and O–H groups in total. The minimum absolute atomic E-state index is 0.221. The molecule has 1 atom stereocenters. The van der Waals surface area contributed by atoms with E-state index in [0.29, 0.717) is 0 Å². The van der Waals surface area contributed by atoms with Gasteiger partial charge in [-0.1, -0.05) is 0 Å². The fourth-order valence-corrected chi connectivity index (χ4v) is 1.25. The third-order valence-electron chi connectivity index (χ3n) is 2.06. The summed E-state index contributed by atoms with van der Waals surface area (Å²) in [6.07, 6.45) is -0.618. The molecule has 3 nitrogen and oxygen atoms in total. The number of ether oxygens (including phenoxy) is 1. The van der Waals surface area contributed by atoms with Crippen molar-refractivity contribution in [1.82, 2.24) is 0 Å². The van der Waals surface area contributed by atoms with E-state index in [4.69, 9.17) is 5.73 Å². The molecule has 1 unspecified atom stereocenters. The molecule has 1 rings (SSSR count). The van der Waals surface area contributed by atoms with Crippen molar-refractivity contribution in [2.24, 2.45) is 5.73 Å². The number of aliphatic hydroxyl groups is 1. The lowest BCUT2D eigenvalue weighted by Crippen LogP contribution is -2.07. The Morgan fingerprint density at radius 2 is 2.13 bits per heavy atom. The number of methoxy groups -OCH3 is 1. The van der Waals surface area contributed by atoms with E-state index in [0.717, 1.165) is 6.07 Å². The summed E-state index contributed by atoms with van der Waals surface area (Å²) in [7, 11) is 1.23. The van der Waals surface area contributed by atoms with Gasteiger partial charge in [-0.3, -0.25) is 0 Å². The van der Waals surface area contributed by atoms with E-state index in [9.17, 15) is 13.9 Å². The molecule has 0 spiro atoms. The maximum atomic E-state index is 13.0. The average molecular weight is 217 g/mol. The molecule has 0 bridgehead atoms. The maximum absolute atomic E-state index is 13.0. The van der Waals surface area contributed by atoms with Gasteiger partial charge in [0.15, 0.2) is 11.6 Å². The van der Waals surface area contributed by atoms with Crippen LogP contribution in [0.25, 0.3) is 0 Å². The molecule has 0 heterocycles. The van der Waals surface area contributed by atoms with Gasteiger partial charge in [0.05, 0.1) is 13.2 Å². The Bertz CT molecular complexity index is 344. The van der Waals surface area contributed by atoms with Crippen LogP contribution in [0.3, 0.4) is 0 Å². The van der Waals surface area contributed by atoms with Crippen molar-refractivity contribution in [3.8, 4) is 5.75 Å². The van der Waals surface area contributed by atoms with Crippen LogP contribution in [0.5, 0.6) is 5.75 Å². The number of benzene rings is 1. The minimum Gasteiger partial charge on any atom is -0.494 e. The summed E-state index contributed by atoms with van der Waals surface area (Å²) in [5.41, 5.74) is 5.51. The number of rotatable bonds is 4. The van der Waals surface area contributed by atoms with Crippen molar-refractivity contribution in [1.29, 1.82) is 0 Å².